The van der Waals surface area contributed by atoms with Gasteiger partial charge in [-0.25, -0.2) is 0 Å². The van der Waals surface area contributed by atoms with Crippen molar-refractivity contribution in [1.82, 2.24) is 0 Å². The van der Waals surface area contributed by atoms with Gasteiger partial charge in [-0.1, -0.05) is 45.4 Å². The summed E-state index contributed by atoms with van der Waals surface area (Å²) in [6.45, 7) is 8.72. The van der Waals surface area contributed by atoms with E-state index in [1.165, 1.54) is 36.0 Å². The van der Waals surface area contributed by atoms with Crippen LogP contribution in [0.4, 0.5) is 0 Å². The first-order valence-corrected chi connectivity index (χ1v) is 7.62. The van der Waals surface area contributed by atoms with Crippen molar-refractivity contribution in [3.63, 3.8) is 0 Å². The van der Waals surface area contributed by atoms with E-state index >= 15 is 0 Å². The van der Waals surface area contributed by atoms with Crippen LogP contribution >= 0.6 is 0 Å². The van der Waals surface area contributed by atoms with E-state index in [-0.39, 0.29) is 17.8 Å². The maximum absolute atomic E-state index is 11.2. The van der Waals surface area contributed by atoms with Gasteiger partial charge in [0.25, 0.3) is 0 Å². The molecule has 0 spiro atoms. The molecule has 0 amide bonds. The van der Waals surface area contributed by atoms with E-state index in [0.29, 0.717) is 5.92 Å². The van der Waals surface area contributed by atoms with Gasteiger partial charge in [-0.3, -0.25) is 4.79 Å². The fourth-order valence-electron chi connectivity index (χ4n) is 3.07. The molecular weight excluding hydrogens is 248 g/mol. The lowest BCUT2D eigenvalue weighted by Gasteiger charge is -2.35. The highest BCUT2D eigenvalue weighted by Crippen LogP contribution is 2.43. The Hall–Kier alpha value is -1.31. The fourth-order valence-corrected chi connectivity index (χ4v) is 3.07. The monoisotopic (exact) mass is 274 g/mol. The largest absolute Gasteiger partial charge is 0.481 e. The summed E-state index contributed by atoms with van der Waals surface area (Å²) in [5.74, 6) is 0.0611. The van der Waals surface area contributed by atoms with Gasteiger partial charge in [-0.15, -0.1) is 0 Å². The van der Waals surface area contributed by atoms with Gasteiger partial charge in [-0.05, 0) is 53.7 Å². The molecule has 20 heavy (non-hydrogen) atoms. The Bertz CT molecular complexity index is 493. The molecule has 2 nitrogen and oxygen atoms in total. The van der Waals surface area contributed by atoms with Crippen LogP contribution in [0, 0.1) is 12.8 Å². The van der Waals surface area contributed by atoms with Crippen LogP contribution in [0.1, 0.15) is 69.1 Å². The van der Waals surface area contributed by atoms with E-state index in [2.05, 4.69) is 45.9 Å². The Kier molecular flexibility index (Phi) is 4.22. The maximum Gasteiger partial charge on any atom is 0.303 e. The molecule has 1 atom stereocenters. The van der Waals surface area contributed by atoms with Crippen molar-refractivity contribution in [2.24, 2.45) is 5.92 Å². The summed E-state index contributed by atoms with van der Waals surface area (Å²) in [4.78, 5) is 11.2. The van der Waals surface area contributed by atoms with E-state index in [1.807, 2.05) is 0 Å². The quantitative estimate of drug-likeness (QED) is 0.867. The molecule has 1 aromatic carbocycles. The lowest BCUT2D eigenvalue weighted by atomic mass is 9.70. The molecule has 0 bridgehead atoms. The number of carboxylic acids is 1. The first kappa shape index (κ1) is 15.1. The van der Waals surface area contributed by atoms with Crippen LogP contribution in [0.5, 0.6) is 0 Å². The number of carboxylic acid groups (broad SMARTS) is 1. The second-order valence-corrected chi connectivity index (χ2v) is 7.22. The van der Waals surface area contributed by atoms with Gasteiger partial charge in [0.2, 0.25) is 0 Å². The van der Waals surface area contributed by atoms with Gasteiger partial charge in [0.15, 0.2) is 0 Å². The minimum absolute atomic E-state index is 0.107. The predicted molar refractivity (Wildman–Crippen MR) is 82.2 cm³/mol. The first-order chi connectivity index (χ1) is 9.29. The number of carbonyl (C=O) groups is 1. The molecule has 1 fully saturated rings. The molecule has 2 heteroatoms. The minimum atomic E-state index is -0.678. The van der Waals surface area contributed by atoms with Gasteiger partial charge < -0.3 is 5.11 Å². The summed E-state index contributed by atoms with van der Waals surface area (Å²) in [5.41, 5.74) is 3.89. The normalized spacial score (nSPS) is 17.6. The van der Waals surface area contributed by atoms with Crippen LogP contribution < -0.4 is 0 Å². The number of hydrogen-bond acceptors (Lipinski definition) is 1. The average Bonchev–Trinajstić information content (AvgIpc) is 2.24. The highest BCUT2D eigenvalue weighted by Gasteiger charge is 2.31. The molecule has 1 aliphatic carbocycles. The topological polar surface area (TPSA) is 37.3 Å². The molecule has 1 N–H and O–H groups in total. The molecule has 110 valence electrons. The van der Waals surface area contributed by atoms with E-state index < -0.39 is 5.97 Å². The molecular formula is C18H26O2. The van der Waals surface area contributed by atoms with Crippen molar-refractivity contribution in [1.29, 1.82) is 0 Å². The fraction of sp³-hybridized carbons (Fsp3) is 0.611. The average molecular weight is 274 g/mol. The SMILES string of the molecule is Cc1ccc(C(C)(C)C)cc1C(CC(=O)O)C1CCC1. The zero-order valence-corrected chi connectivity index (χ0v) is 13.1. The van der Waals surface area contributed by atoms with Crippen molar-refractivity contribution in [2.45, 2.75) is 64.7 Å². The molecule has 1 saturated carbocycles. The summed E-state index contributed by atoms with van der Waals surface area (Å²) in [6.07, 6.45) is 3.87. The third-order valence-electron chi connectivity index (χ3n) is 4.66. The van der Waals surface area contributed by atoms with Crippen LogP contribution in [-0.4, -0.2) is 11.1 Å². The molecule has 0 aromatic heterocycles. The molecule has 0 radical (unpaired) electrons. The third-order valence-corrected chi connectivity index (χ3v) is 4.66. The molecule has 0 saturated heterocycles. The zero-order valence-electron chi connectivity index (χ0n) is 13.1. The molecule has 1 unspecified atom stereocenters. The van der Waals surface area contributed by atoms with Crippen LogP contribution in [0.2, 0.25) is 0 Å². The van der Waals surface area contributed by atoms with E-state index in [0.717, 1.165) is 0 Å². The Labute approximate surface area is 122 Å². The van der Waals surface area contributed by atoms with Gasteiger partial charge in [0.05, 0.1) is 6.42 Å². The molecule has 0 aliphatic heterocycles. The van der Waals surface area contributed by atoms with E-state index in [9.17, 15) is 9.90 Å². The van der Waals surface area contributed by atoms with Gasteiger partial charge in [-0.2, -0.15) is 0 Å². The van der Waals surface area contributed by atoms with Gasteiger partial charge >= 0.3 is 5.97 Å². The zero-order chi connectivity index (χ0) is 14.9. The highest BCUT2D eigenvalue weighted by atomic mass is 16.4. The molecule has 0 heterocycles. The minimum Gasteiger partial charge on any atom is -0.481 e. The number of aryl methyl sites for hydroxylation is 1. The van der Waals surface area contributed by atoms with Crippen LogP contribution in [-0.2, 0) is 10.2 Å². The maximum atomic E-state index is 11.2. The number of hydrogen-bond donors (Lipinski definition) is 1. The summed E-state index contributed by atoms with van der Waals surface area (Å²) < 4.78 is 0. The number of rotatable bonds is 4. The lowest BCUT2D eigenvalue weighted by molar-refractivity contribution is -0.138. The molecule has 2 rings (SSSR count). The molecule has 1 aromatic rings. The van der Waals surface area contributed by atoms with Gasteiger partial charge in [0.1, 0.15) is 0 Å². The predicted octanol–water partition coefficient (Wildman–Crippen LogP) is 4.65. The summed E-state index contributed by atoms with van der Waals surface area (Å²) in [5, 5.41) is 9.23. The lowest BCUT2D eigenvalue weighted by Crippen LogP contribution is -2.24. The van der Waals surface area contributed by atoms with Crippen LogP contribution in [0.25, 0.3) is 0 Å². The highest BCUT2D eigenvalue weighted by molar-refractivity contribution is 5.68. The van der Waals surface area contributed by atoms with Crippen molar-refractivity contribution in [3.8, 4) is 0 Å². The van der Waals surface area contributed by atoms with Crippen molar-refractivity contribution >= 4 is 5.97 Å². The van der Waals surface area contributed by atoms with Gasteiger partial charge in [0, 0.05) is 0 Å². The molecule has 1 aliphatic rings. The summed E-state index contributed by atoms with van der Waals surface area (Å²) in [7, 11) is 0. The smallest absolute Gasteiger partial charge is 0.303 e. The number of aliphatic carboxylic acids is 1. The van der Waals surface area contributed by atoms with E-state index in [1.54, 1.807) is 0 Å². The Morgan fingerprint density at radius 3 is 2.45 bits per heavy atom. The van der Waals surface area contributed by atoms with Crippen molar-refractivity contribution in [2.75, 3.05) is 0 Å². The first-order valence-electron chi connectivity index (χ1n) is 7.62. The Balaban J connectivity index is 2.38. The second kappa shape index (κ2) is 5.59. The Morgan fingerprint density at radius 2 is 2.00 bits per heavy atom. The second-order valence-electron chi connectivity index (χ2n) is 7.22. The number of benzene rings is 1. The van der Waals surface area contributed by atoms with Crippen LogP contribution in [0.15, 0.2) is 18.2 Å². The van der Waals surface area contributed by atoms with E-state index in [4.69, 9.17) is 0 Å². The van der Waals surface area contributed by atoms with Crippen molar-refractivity contribution in [3.05, 3.63) is 34.9 Å². The summed E-state index contributed by atoms with van der Waals surface area (Å²) in [6, 6.07) is 6.59. The third kappa shape index (κ3) is 3.23. The summed E-state index contributed by atoms with van der Waals surface area (Å²) >= 11 is 0. The standard InChI is InChI=1S/C18H26O2/c1-12-8-9-14(18(2,3)4)10-15(12)16(11-17(19)20)13-6-5-7-13/h8-10,13,16H,5-7,11H2,1-4H3,(H,19,20). The Morgan fingerprint density at radius 1 is 1.35 bits per heavy atom. The van der Waals surface area contributed by atoms with Crippen molar-refractivity contribution < 1.29 is 9.90 Å². The van der Waals surface area contributed by atoms with Crippen LogP contribution in [0.3, 0.4) is 0 Å².